The number of ether oxygens (including phenoxy) is 1. The van der Waals surface area contributed by atoms with E-state index in [1.54, 1.807) is 12.1 Å². The molecule has 2 aliphatic rings. The highest BCUT2D eigenvalue weighted by molar-refractivity contribution is 7.92. The number of benzene rings is 1. The van der Waals surface area contributed by atoms with Crippen LogP contribution < -0.4 is 10.0 Å². The predicted octanol–water partition coefficient (Wildman–Crippen LogP) is 0.0319. The molecule has 1 saturated heterocycles. The number of sulfonamides is 1. The summed E-state index contributed by atoms with van der Waals surface area (Å²) in [7, 11) is -3.37. The molecule has 0 radical (unpaired) electrons. The average molecular weight is 409 g/mol. The summed E-state index contributed by atoms with van der Waals surface area (Å²) in [5, 5.41) is 0. The van der Waals surface area contributed by atoms with Gasteiger partial charge < -0.3 is 15.4 Å². The first-order valence-corrected chi connectivity index (χ1v) is 10.9. The number of anilines is 1. The monoisotopic (exact) mass is 409 g/mol. The second-order valence-electron chi connectivity index (χ2n) is 7.01. The third-order valence-corrected chi connectivity index (χ3v) is 6.23. The smallest absolute Gasteiger partial charge is 0.338 e. The molecule has 0 spiro atoms. The molecule has 28 heavy (non-hydrogen) atoms. The lowest BCUT2D eigenvalue weighted by Crippen LogP contribution is -2.51. The second-order valence-corrected chi connectivity index (χ2v) is 8.91. The number of carbonyl (C=O) groups is 3. The molecule has 2 amide bonds. The van der Waals surface area contributed by atoms with Gasteiger partial charge in [0.1, 0.15) is 6.04 Å². The summed E-state index contributed by atoms with van der Waals surface area (Å²) in [5.41, 5.74) is 6.87. The minimum atomic E-state index is -3.37. The van der Waals surface area contributed by atoms with Crippen molar-refractivity contribution < 1.29 is 27.5 Å². The number of primary amides is 1. The van der Waals surface area contributed by atoms with Crippen molar-refractivity contribution in [3.05, 3.63) is 29.3 Å². The quantitative estimate of drug-likeness (QED) is 0.684. The van der Waals surface area contributed by atoms with E-state index in [0.29, 0.717) is 31.6 Å². The van der Waals surface area contributed by atoms with E-state index in [-0.39, 0.29) is 5.56 Å². The van der Waals surface area contributed by atoms with Crippen molar-refractivity contribution in [3.8, 4) is 0 Å². The van der Waals surface area contributed by atoms with E-state index in [1.165, 1.54) is 15.3 Å². The summed E-state index contributed by atoms with van der Waals surface area (Å²) in [6.45, 7) is 0.258. The van der Waals surface area contributed by atoms with Gasteiger partial charge in [-0.3, -0.25) is 13.9 Å². The molecule has 0 aliphatic carbocycles. The van der Waals surface area contributed by atoms with Crippen LogP contribution in [0.2, 0.25) is 0 Å². The fourth-order valence-corrected chi connectivity index (χ4v) is 4.62. The molecular formula is C18H23N3O6S. The van der Waals surface area contributed by atoms with Gasteiger partial charge in [-0.05, 0) is 49.4 Å². The van der Waals surface area contributed by atoms with Gasteiger partial charge in [0.15, 0.2) is 6.61 Å². The van der Waals surface area contributed by atoms with Crippen LogP contribution >= 0.6 is 0 Å². The van der Waals surface area contributed by atoms with E-state index < -0.39 is 40.5 Å². The van der Waals surface area contributed by atoms with Crippen LogP contribution in [-0.2, 0) is 30.8 Å². The van der Waals surface area contributed by atoms with E-state index in [2.05, 4.69) is 0 Å². The van der Waals surface area contributed by atoms with Gasteiger partial charge in [-0.1, -0.05) is 0 Å². The molecule has 0 aromatic heterocycles. The zero-order valence-electron chi connectivity index (χ0n) is 15.6. The molecule has 1 fully saturated rings. The topological polar surface area (TPSA) is 127 Å². The minimum absolute atomic E-state index is 0.243. The zero-order chi connectivity index (χ0) is 20.5. The highest BCUT2D eigenvalue weighted by Gasteiger charge is 2.31. The van der Waals surface area contributed by atoms with Gasteiger partial charge in [-0.15, -0.1) is 0 Å². The molecule has 2 heterocycles. The molecule has 0 unspecified atom stereocenters. The van der Waals surface area contributed by atoms with Gasteiger partial charge in [-0.2, -0.15) is 0 Å². The number of fused-ring (bicyclic) bond motifs is 1. The van der Waals surface area contributed by atoms with E-state index >= 15 is 0 Å². The van der Waals surface area contributed by atoms with Crippen LogP contribution in [0.4, 0.5) is 5.69 Å². The van der Waals surface area contributed by atoms with Gasteiger partial charge >= 0.3 is 5.97 Å². The summed E-state index contributed by atoms with van der Waals surface area (Å²) < 4.78 is 30.0. The summed E-state index contributed by atoms with van der Waals surface area (Å²) in [5.74, 6) is -1.70. The number of hydrogen-bond acceptors (Lipinski definition) is 6. The van der Waals surface area contributed by atoms with E-state index in [9.17, 15) is 22.8 Å². The van der Waals surface area contributed by atoms with Crippen molar-refractivity contribution in [2.24, 2.45) is 5.73 Å². The predicted molar refractivity (Wildman–Crippen MR) is 101 cm³/mol. The van der Waals surface area contributed by atoms with Gasteiger partial charge in [0, 0.05) is 13.1 Å². The molecule has 3 rings (SSSR count). The molecule has 0 bridgehead atoms. The van der Waals surface area contributed by atoms with Crippen LogP contribution in [0.1, 0.15) is 35.2 Å². The lowest BCUT2D eigenvalue weighted by atomic mass is 10.0. The van der Waals surface area contributed by atoms with Crippen molar-refractivity contribution in [2.45, 2.75) is 31.7 Å². The molecule has 152 valence electrons. The molecular weight excluding hydrogens is 386 g/mol. The van der Waals surface area contributed by atoms with E-state index in [1.807, 2.05) is 0 Å². The molecule has 2 N–H and O–H groups in total. The second kappa shape index (κ2) is 7.78. The Morgan fingerprint density at radius 1 is 1.21 bits per heavy atom. The highest BCUT2D eigenvalue weighted by Crippen LogP contribution is 2.30. The Balaban J connectivity index is 1.64. The number of nitrogens with zero attached hydrogens (tertiary/aromatic N) is 2. The number of carbonyl (C=O) groups excluding carboxylic acids is 3. The van der Waals surface area contributed by atoms with Gasteiger partial charge in [-0.25, -0.2) is 13.2 Å². The highest BCUT2D eigenvalue weighted by atomic mass is 32.2. The van der Waals surface area contributed by atoms with Crippen LogP contribution in [0.5, 0.6) is 0 Å². The Labute approximate surface area is 163 Å². The standard InChI is InChI=1S/C18H23N3O6S/c1-28(25,26)21-9-7-12-10-13(5-6-14(12)21)18(24)27-11-16(22)20-8-3-2-4-15(20)17(19)23/h5-6,10,15H,2-4,7-9,11H2,1H3,(H2,19,23)/t15-/m0/s1. The first kappa shape index (κ1) is 20.1. The summed E-state index contributed by atoms with van der Waals surface area (Å²) in [6, 6.07) is 3.96. The molecule has 9 nitrogen and oxygen atoms in total. The van der Waals surface area contributed by atoms with Crippen molar-refractivity contribution in [2.75, 3.05) is 30.3 Å². The lowest BCUT2D eigenvalue weighted by Gasteiger charge is -2.33. The maximum atomic E-state index is 12.4. The van der Waals surface area contributed by atoms with Crippen LogP contribution in [0.3, 0.4) is 0 Å². The van der Waals surface area contributed by atoms with Crippen molar-refractivity contribution in [1.82, 2.24) is 4.90 Å². The van der Waals surface area contributed by atoms with Crippen LogP contribution in [-0.4, -0.2) is 63.1 Å². The number of rotatable bonds is 5. The zero-order valence-corrected chi connectivity index (χ0v) is 16.4. The molecule has 0 saturated carbocycles. The Hall–Kier alpha value is -2.62. The molecule has 1 aromatic carbocycles. The third kappa shape index (κ3) is 4.11. The first-order chi connectivity index (χ1) is 13.2. The van der Waals surface area contributed by atoms with Crippen molar-refractivity contribution >= 4 is 33.5 Å². The van der Waals surface area contributed by atoms with Crippen molar-refractivity contribution in [3.63, 3.8) is 0 Å². The third-order valence-electron chi connectivity index (χ3n) is 5.05. The number of amides is 2. The first-order valence-electron chi connectivity index (χ1n) is 9.05. The Kier molecular flexibility index (Phi) is 5.59. The molecule has 1 aromatic rings. The van der Waals surface area contributed by atoms with Crippen LogP contribution in [0, 0.1) is 0 Å². The number of hydrogen-bond donors (Lipinski definition) is 1. The normalized spacial score (nSPS) is 19.2. The number of piperidine rings is 1. The Morgan fingerprint density at radius 2 is 1.96 bits per heavy atom. The lowest BCUT2D eigenvalue weighted by molar-refractivity contribution is -0.143. The SMILES string of the molecule is CS(=O)(=O)N1CCc2cc(C(=O)OCC(=O)N3CCCC[C@H]3C(N)=O)ccc21. The minimum Gasteiger partial charge on any atom is -0.452 e. The van der Waals surface area contributed by atoms with Crippen molar-refractivity contribution in [1.29, 1.82) is 0 Å². The summed E-state index contributed by atoms with van der Waals surface area (Å²) in [4.78, 5) is 37.5. The summed E-state index contributed by atoms with van der Waals surface area (Å²) >= 11 is 0. The molecule has 10 heteroatoms. The Bertz CT molecular complexity index is 914. The maximum absolute atomic E-state index is 12.4. The van der Waals surface area contributed by atoms with Crippen LogP contribution in [0.25, 0.3) is 0 Å². The van der Waals surface area contributed by atoms with Gasteiger partial charge in [0.2, 0.25) is 15.9 Å². The van der Waals surface area contributed by atoms with Gasteiger partial charge in [0.25, 0.3) is 5.91 Å². The number of nitrogens with two attached hydrogens (primary N) is 1. The van der Waals surface area contributed by atoms with E-state index in [0.717, 1.165) is 24.7 Å². The van der Waals surface area contributed by atoms with Crippen LogP contribution in [0.15, 0.2) is 18.2 Å². The maximum Gasteiger partial charge on any atom is 0.338 e. The average Bonchev–Trinajstić information content (AvgIpc) is 3.09. The van der Waals surface area contributed by atoms with Gasteiger partial charge in [0.05, 0.1) is 17.5 Å². The fourth-order valence-electron chi connectivity index (χ4n) is 3.66. The Morgan fingerprint density at radius 3 is 2.64 bits per heavy atom. The largest absolute Gasteiger partial charge is 0.452 e. The number of likely N-dealkylation sites (tertiary alicyclic amines) is 1. The number of esters is 1. The fraction of sp³-hybridized carbons (Fsp3) is 0.500. The van der Waals surface area contributed by atoms with E-state index in [4.69, 9.17) is 10.5 Å². The molecule has 1 atom stereocenters. The molecule has 2 aliphatic heterocycles. The summed E-state index contributed by atoms with van der Waals surface area (Å²) in [6.07, 6.45) is 3.73.